The molecule has 2 N–H and O–H groups in total. The summed E-state index contributed by atoms with van der Waals surface area (Å²) < 4.78 is 0. The minimum Gasteiger partial charge on any atom is -0.330 e. The lowest BCUT2D eigenvalue weighted by molar-refractivity contribution is -0.380. The third kappa shape index (κ3) is 3.13. The number of hydrogen-bond acceptors (Lipinski definition) is 5. The van der Waals surface area contributed by atoms with Gasteiger partial charge in [0.1, 0.15) is 0 Å². The minimum absolute atomic E-state index is 0.228. The van der Waals surface area contributed by atoms with E-state index >= 15 is 0 Å². The summed E-state index contributed by atoms with van der Waals surface area (Å²) in [7, 11) is 0. The summed E-state index contributed by atoms with van der Waals surface area (Å²) in [5.41, 5.74) is 5.93. The van der Waals surface area contributed by atoms with Crippen LogP contribution in [0.15, 0.2) is 12.1 Å². The molecule has 5 nitrogen and oxygen atoms in total. The second-order valence-corrected chi connectivity index (χ2v) is 6.09. The molecule has 106 valence electrons. The Balaban J connectivity index is 2.30. The molecule has 0 aliphatic carbocycles. The zero-order chi connectivity index (χ0) is 13.8. The molecule has 1 saturated heterocycles. The van der Waals surface area contributed by atoms with E-state index in [0.717, 1.165) is 24.4 Å². The molecule has 0 radical (unpaired) electrons. The van der Waals surface area contributed by atoms with Gasteiger partial charge < -0.3 is 5.73 Å². The number of rotatable bonds is 4. The highest BCUT2D eigenvalue weighted by atomic mass is 32.1. The molecule has 2 unspecified atom stereocenters. The van der Waals surface area contributed by atoms with Crippen LogP contribution in [-0.4, -0.2) is 29.5 Å². The molecule has 2 atom stereocenters. The first kappa shape index (κ1) is 14.4. The van der Waals surface area contributed by atoms with Crippen LogP contribution in [0.5, 0.6) is 0 Å². The van der Waals surface area contributed by atoms with E-state index in [1.807, 2.05) is 6.07 Å². The average molecular weight is 283 g/mol. The van der Waals surface area contributed by atoms with Crippen LogP contribution < -0.4 is 5.73 Å². The lowest BCUT2D eigenvalue weighted by atomic mass is 9.93. The molecule has 0 spiro atoms. The van der Waals surface area contributed by atoms with E-state index in [0.29, 0.717) is 12.5 Å². The van der Waals surface area contributed by atoms with Gasteiger partial charge >= 0.3 is 5.00 Å². The van der Waals surface area contributed by atoms with Gasteiger partial charge in [-0.3, -0.25) is 15.0 Å². The van der Waals surface area contributed by atoms with Crippen molar-refractivity contribution in [3.05, 3.63) is 27.1 Å². The summed E-state index contributed by atoms with van der Waals surface area (Å²) in [6.07, 6.45) is 3.50. The topological polar surface area (TPSA) is 72.4 Å². The van der Waals surface area contributed by atoms with E-state index in [4.69, 9.17) is 5.73 Å². The molecule has 0 aromatic carbocycles. The fourth-order valence-electron chi connectivity index (χ4n) is 2.93. The van der Waals surface area contributed by atoms with Crippen molar-refractivity contribution in [2.75, 3.05) is 19.6 Å². The molecule has 6 heteroatoms. The van der Waals surface area contributed by atoms with Crippen molar-refractivity contribution in [3.63, 3.8) is 0 Å². The van der Waals surface area contributed by atoms with Gasteiger partial charge in [-0.05, 0) is 44.5 Å². The highest BCUT2D eigenvalue weighted by molar-refractivity contribution is 7.15. The van der Waals surface area contributed by atoms with Gasteiger partial charge in [-0.25, -0.2) is 0 Å². The zero-order valence-corrected chi connectivity index (χ0v) is 12.1. The van der Waals surface area contributed by atoms with Gasteiger partial charge in [0.2, 0.25) is 0 Å². The van der Waals surface area contributed by atoms with Crippen LogP contribution in [0.3, 0.4) is 0 Å². The minimum atomic E-state index is -0.307. The Morgan fingerprint density at radius 3 is 2.89 bits per heavy atom. The number of hydrogen-bond donors (Lipinski definition) is 1. The van der Waals surface area contributed by atoms with Gasteiger partial charge in [-0.2, -0.15) is 0 Å². The second kappa shape index (κ2) is 6.45. The highest BCUT2D eigenvalue weighted by Crippen LogP contribution is 2.39. The molecule has 0 saturated carbocycles. The Morgan fingerprint density at radius 2 is 2.32 bits per heavy atom. The van der Waals surface area contributed by atoms with E-state index in [-0.39, 0.29) is 16.0 Å². The number of nitrogens with zero attached hydrogens (tertiary/aromatic N) is 2. The summed E-state index contributed by atoms with van der Waals surface area (Å²) in [6.45, 7) is 4.82. The summed E-state index contributed by atoms with van der Waals surface area (Å²) in [5.74, 6) is 0.403. The smallest absolute Gasteiger partial charge is 0.324 e. The third-order valence-electron chi connectivity index (χ3n) is 3.90. The van der Waals surface area contributed by atoms with Crippen LogP contribution in [0.25, 0.3) is 0 Å². The van der Waals surface area contributed by atoms with Crippen molar-refractivity contribution in [2.24, 2.45) is 11.7 Å². The molecular weight excluding hydrogens is 262 g/mol. The zero-order valence-electron chi connectivity index (χ0n) is 11.2. The fourth-order valence-corrected chi connectivity index (χ4v) is 3.98. The Kier molecular flexibility index (Phi) is 4.90. The van der Waals surface area contributed by atoms with Crippen LogP contribution in [0.2, 0.25) is 0 Å². The molecule has 1 aromatic heterocycles. The fraction of sp³-hybridized carbons (Fsp3) is 0.692. The molecule has 2 rings (SSSR count). The first-order chi connectivity index (χ1) is 9.17. The first-order valence-electron chi connectivity index (χ1n) is 6.85. The Labute approximate surface area is 117 Å². The maximum atomic E-state index is 10.8. The van der Waals surface area contributed by atoms with Crippen LogP contribution in [0.1, 0.15) is 37.1 Å². The van der Waals surface area contributed by atoms with Crippen LogP contribution in [0, 0.1) is 16.0 Å². The van der Waals surface area contributed by atoms with E-state index in [2.05, 4.69) is 11.8 Å². The quantitative estimate of drug-likeness (QED) is 0.681. The molecule has 1 aliphatic heterocycles. The monoisotopic (exact) mass is 283 g/mol. The van der Waals surface area contributed by atoms with E-state index in [1.165, 1.54) is 24.2 Å². The van der Waals surface area contributed by atoms with Crippen LogP contribution >= 0.6 is 11.3 Å². The molecule has 0 amide bonds. The lowest BCUT2D eigenvalue weighted by Gasteiger charge is -2.33. The van der Waals surface area contributed by atoms with Crippen LogP contribution in [-0.2, 0) is 0 Å². The van der Waals surface area contributed by atoms with Gasteiger partial charge in [0.15, 0.2) is 0 Å². The van der Waals surface area contributed by atoms with Gasteiger partial charge in [0, 0.05) is 17.0 Å². The number of nitrogens with two attached hydrogens (primary N) is 1. The van der Waals surface area contributed by atoms with Gasteiger partial charge in [0.05, 0.1) is 4.92 Å². The highest BCUT2D eigenvalue weighted by Gasteiger charge is 2.31. The van der Waals surface area contributed by atoms with E-state index < -0.39 is 0 Å². The number of nitro groups is 1. The third-order valence-corrected chi connectivity index (χ3v) is 5.01. The van der Waals surface area contributed by atoms with Crippen molar-refractivity contribution in [1.29, 1.82) is 0 Å². The van der Waals surface area contributed by atoms with Gasteiger partial charge in [-0.15, -0.1) is 0 Å². The largest absolute Gasteiger partial charge is 0.330 e. The molecule has 1 aliphatic rings. The molecular formula is C13H21N3O2S. The van der Waals surface area contributed by atoms with Gasteiger partial charge in [0.25, 0.3) is 0 Å². The number of likely N-dealkylation sites (tertiary alicyclic amines) is 1. The predicted molar refractivity (Wildman–Crippen MR) is 77.4 cm³/mol. The summed E-state index contributed by atoms with van der Waals surface area (Å²) in [6, 6.07) is 3.77. The molecule has 1 aromatic rings. The summed E-state index contributed by atoms with van der Waals surface area (Å²) in [4.78, 5) is 14.0. The second-order valence-electron chi connectivity index (χ2n) is 5.00. The van der Waals surface area contributed by atoms with Crippen molar-refractivity contribution in [2.45, 2.75) is 32.2 Å². The molecule has 0 bridgehead atoms. The van der Waals surface area contributed by atoms with Crippen molar-refractivity contribution in [3.8, 4) is 0 Å². The first-order valence-corrected chi connectivity index (χ1v) is 7.67. The standard InChI is InChI=1S/C13H21N3O2S/c1-2-15-8-4-3-5-10(9-14)13(15)11-6-7-12(19-11)16(17)18/h6-7,10,13H,2-5,8-9,14H2,1H3. The number of thiophene rings is 1. The SMILES string of the molecule is CCN1CCCCC(CN)C1c1ccc([N+](=O)[O-])s1. The van der Waals surface area contributed by atoms with Crippen molar-refractivity contribution in [1.82, 2.24) is 4.90 Å². The van der Waals surface area contributed by atoms with Gasteiger partial charge in [-0.1, -0.05) is 24.7 Å². The molecule has 2 heterocycles. The molecule has 1 fully saturated rings. The average Bonchev–Trinajstić information content (AvgIpc) is 2.79. The van der Waals surface area contributed by atoms with E-state index in [1.54, 1.807) is 6.07 Å². The van der Waals surface area contributed by atoms with E-state index in [9.17, 15) is 10.1 Å². The van der Waals surface area contributed by atoms with Crippen molar-refractivity contribution >= 4 is 16.3 Å². The predicted octanol–water partition coefficient (Wildman–Crippen LogP) is 2.78. The Morgan fingerprint density at radius 1 is 1.53 bits per heavy atom. The van der Waals surface area contributed by atoms with Crippen molar-refractivity contribution < 1.29 is 4.92 Å². The Hall–Kier alpha value is -0.980. The maximum Gasteiger partial charge on any atom is 0.324 e. The normalized spacial score (nSPS) is 25.2. The summed E-state index contributed by atoms with van der Waals surface area (Å²) in [5, 5.41) is 11.1. The lowest BCUT2D eigenvalue weighted by Crippen LogP contribution is -2.35. The van der Waals surface area contributed by atoms with Crippen LogP contribution in [0.4, 0.5) is 5.00 Å². The maximum absolute atomic E-state index is 10.8. The Bertz CT molecular complexity index is 421. The summed E-state index contributed by atoms with van der Waals surface area (Å²) >= 11 is 1.30. The molecule has 19 heavy (non-hydrogen) atoms.